The lowest BCUT2D eigenvalue weighted by Gasteiger charge is -2.32. The smallest absolute Gasteiger partial charge is 0.0700 e. The molecule has 1 N–H and O–H groups in total. The van der Waals surface area contributed by atoms with E-state index in [1.165, 1.54) is 0 Å². The summed E-state index contributed by atoms with van der Waals surface area (Å²) in [6, 6.07) is 4.09. The molecule has 1 unspecified atom stereocenters. The van der Waals surface area contributed by atoms with E-state index in [0.29, 0.717) is 6.10 Å². The second kappa shape index (κ2) is 5.98. The molecule has 0 aromatic carbocycles. The van der Waals surface area contributed by atoms with Crippen LogP contribution in [-0.2, 0) is 11.3 Å². The van der Waals surface area contributed by atoms with Crippen molar-refractivity contribution in [1.29, 1.82) is 0 Å². The van der Waals surface area contributed by atoms with Crippen molar-refractivity contribution < 1.29 is 4.74 Å². The molecule has 4 nitrogen and oxygen atoms in total. The second-order valence-electron chi connectivity index (χ2n) is 4.42. The van der Waals surface area contributed by atoms with Crippen LogP contribution < -0.4 is 5.32 Å². The number of aromatic nitrogens is 1. The third-order valence-electron chi connectivity index (χ3n) is 3.17. The maximum atomic E-state index is 5.67. The highest BCUT2D eigenvalue weighted by Crippen LogP contribution is 2.13. The normalized spacial score (nSPS) is 21.4. The molecule has 1 aromatic rings. The maximum absolute atomic E-state index is 5.67. The van der Waals surface area contributed by atoms with E-state index in [-0.39, 0.29) is 0 Å². The van der Waals surface area contributed by atoms with Crippen molar-refractivity contribution >= 4 is 5.69 Å². The molecule has 0 amide bonds. The van der Waals surface area contributed by atoms with E-state index in [4.69, 9.17) is 4.74 Å². The lowest BCUT2D eigenvalue weighted by atomic mass is 10.2. The van der Waals surface area contributed by atoms with E-state index in [1.807, 2.05) is 19.3 Å². The van der Waals surface area contributed by atoms with E-state index < -0.39 is 0 Å². The van der Waals surface area contributed by atoms with Crippen LogP contribution in [0.1, 0.15) is 19.0 Å². The van der Waals surface area contributed by atoms with Crippen LogP contribution in [0.2, 0.25) is 0 Å². The van der Waals surface area contributed by atoms with Gasteiger partial charge >= 0.3 is 0 Å². The quantitative estimate of drug-likeness (QED) is 0.862. The number of nitrogens with one attached hydrogen (secondary N) is 1. The van der Waals surface area contributed by atoms with Gasteiger partial charge in [0.15, 0.2) is 0 Å². The van der Waals surface area contributed by atoms with E-state index in [0.717, 1.165) is 44.0 Å². The molecule has 0 radical (unpaired) electrons. The van der Waals surface area contributed by atoms with Crippen LogP contribution in [0.25, 0.3) is 0 Å². The summed E-state index contributed by atoms with van der Waals surface area (Å²) in [4.78, 5) is 6.83. The lowest BCUT2D eigenvalue weighted by molar-refractivity contribution is -0.0328. The highest BCUT2D eigenvalue weighted by Gasteiger charge is 2.19. The van der Waals surface area contributed by atoms with Gasteiger partial charge in [0.05, 0.1) is 18.4 Å². The summed E-state index contributed by atoms with van der Waals surface area (Å²) in [5, 5.41) is 3.14. The largest absolute Gasteiger partial charge is 0.388 e. The molecule has 94 valence electrons. The molecular formula is C13H21N3O. The minimum atomic E-state index is 0.385. The standard InChI is InChI=1S/C13H21N3O/c1-3-13-10-16(6-7-17-13)9-12-8-11(14-2)4-5-15-12/h4-5,8,13H,3,6-7,9-10H2,1-2H3,(H,14,15). The third kappa shape index (κ3) is 3.41. The molecule has 0 bridgehead atoms. The molecule has 1 aliphatic rings. The fraction of sp³-hybridized carbons (Fsp3) is 0.615. The molecule has 0 aliphatic carbocycles. The zero-order valence-corrected chi connectivity index (χ0v) is 10.6. The lowest BCUT2D eigenvalue weighted by Crippen LogP contribution is -2.41. The number of hydrogen-bond acceptors (Lipinski definition) is 4. The van der Waals surface area contributed by atoms with Gasteiger partial charge in [0.25, 0.3) is 0 Å². The Kier molecular flexibility index (Phi) is 4.34. The van der Waals surface area contributed by atoms with Crippen molar-refractivity contribution in [2.75, 3.05) is 32.1 Å². The van der Waals surface area contributed by atoms with Gasteiger partial charge in [-0.2, -0.15) is 0 Å². The van der Waals surface area contributed by atoms with Crippen molar-refractivity contribution in [1.82, 2.24) is 9.88 Å². The predicted molar refractivity (Wildman–Crippen MR) is 69.1 cm³/mol. The summed E-state index contributed by atoms with van der Waals surface area (Å²) in [5.41, 5.74) is 2.24. The summed E-state index contributed by atoms with van der Waals surface area (Å²) in [5.74, 6) is 0. The SMILES string of the molecule is CCC1CN(Cc2cc(NC)ccn2)CCO1. The Morgan fingerprint density at radius 1 is 1.59 bits per heavy atom. The molecule has 4 heteroatoms. The van der Waals surface area contributed by atoms with Crippen LogP contribution in [0.4, 0.5) is 5.69 Å². The zero-order chi connectivity index (χ0) is 12.1. The second-order valence-corrected chi connectivity index (χ2v) is 4.42. The number of anilines is 1. The molecule has 17 heavy (non-hydrogen) atoms. The molecule has 2 heterocycles. The fourth-order valence-corrected chi connectivity index (χ4v) is 2.12. The Morgan fingerprint density at radius 2 is 2.47 bits per heavy atom. The molecule has 2 rings (SSSR count). The molecule has 1 fully saturated rings. The van der Waals surface area contributed by atoms with Crippen LogP contribution in [0, 0.1) is 0 Å². The van der Waals surface area contributed by atoms with Gasteiger partial charge in [0.2, 0.25) is 0 Å². The minimum absolute atomic E-state index is 0.385. The fourth-order valence-electron chi connectivity index (χ4n) is 2.12. The molecule has 1 saturated heterocycles. The molecule has 1 aliphatic heterocycles. The molecule has 1 atom stereocenters. The van der Waals surface area contributed by atoms with Crippen LogP contribution in [-0.4, -0.2) is 42.7 Å². The average Bonchev–Trinajstić information content (AvgIpc) is 2.39. The summed E-state index contributed by atoms with van der Waals surface area (Å²) in [6.45, 7) is 5.94. The highest BCUT2D eigenvalue weighted by molar-refractivity contribution is 5.42. The monoisotopic (exact) mass is 235 g/mol. The number of rotatable bonds is 4. The van der Waals surface area contributed by atoms with Crippen molar-refractivity contribution in [3.05, 3.63) is 24.0 Å². The van der Waals surface area contributed by atoms with E-state index in [9.17, 15) is 0 Å². The van der Waals surface area contributed by atoms with Crippen molar-refractivity contribution in [3.63, 3.8) is 0 Å². The summed E-state index contributed by atoms with van der Waals surface area (Å²) in [6.07, 6.45) is 3.33. The molecular weight excluding hydrogens is 214 g/mol. The Hall–Kier alpha value is -1.13. The Labute approximate surface area is 103 Å². The van der Waals surface area contributed by atoms with Crippen LogP contribution in [0.5, 0.6) is 0 Å². The van der Waals surface area contributed by atoms with Gasteiger partial charge in [-0.05, 0) is 18.6 Å². The Bertz CT molecular complexity index is 356. The average molecular weight is 235 g/mol. The number of pyridine rings is 1. The number of morpholine rings is 1. The van der Waals surface area contributed by atoms with Crippen molar-refractivity contribution in [2.45, 2.75) is 26.0 Å². The van der Waals surface area contributed by atoms with Gasteiger partial charge in [-0.15, -0.1) is 0 Å². The first-order valence-electron chi connectivity index (χ1n) is 6.28. The first-order valence-corrected chi connectivity index (χ1v) is 6.28. The minimum Gasteiger partial charge on any atom is -0.388 e. The summed E-state index contributed by atoms with van der Waals surface area (Å²) in [7, 11) is 1.93. The number of nitrogens with zero attached hydrogens (tertiary/aromatic N) is 2. The molecule has 0 saturated carbocycles. The van der Waals surface area contributed by atoms with E-state index >= 15 is 0 Å². The number of hydrogen-bond donors (Lipinski definition) is 1. The summed E-state index contributed by atoms with van der Waals surface area (Å²) < 4.78 is 5.67. The van der Waals surface area contributed by atoms with Crippen LogP contribution in [0.3, 0.4) is 0 Å². The predicted octanol–water partition coefficient (Wildman–Crippen LogP) is 1.73. The topological polar surface area (TPSA) is 37.4 Å². The van der Waals surface area contributed by atoms with Gasteiger partial charge in [-0.3, -0.25) is 9.88 Å². The van der Waals surface area contributed by atoms with E-state index in [1.54, 1.807) is 0 Å². The summed E-state index contributed by atoms with van der Waals surface area (Å²) >= 11 is 0. The van der Waals surface area contributed by atoms with Gasteiger partial charge in [0.1, 0.15) is 0 Å². The maximum Gasteiger partial charge on any atom is 0.0700 e. The Balaban J connectivity index is 1.95. The van der Waals surface area contributed by atoms with Crippen LogP contribution >= 0.6 is 0 Å². The van der Waals surface area contributed by atoms with Crippen molar-refractivity contribution in [2.24, 2.45) is 0 Å². The number of ether oxygens (including phenoxy) is 1. The first-order chi connectivity index (χ1) is 8.31. The van der Waals surface area contributed by atoms with Gasteiger partial charge in [-0.25, -0.2) is 0 Å². The highest BCUT2D eigenvalue weighted by atomic mass is 16.5. The molecule has 1 aromatic heterocycles. The molecule has 0 spiro atoms. The third-order valence-corrected chi connectivity index (χ3v) is 3.17. The first kappa shape index (κ1) is 12.3. The van der Waals surface area contributed by atoms with Crippen molar-refractivity contribution in [3.8, 4) is 0 Å². The Morgan fingerprint density at radius 3 is 3.24 bits per heavy atom. The van der Waals surface area contributed by atoms with Gasteiger partial charge in [0, 0.05) is 38.6 Å². The van der Waals surface area contributed by atoms with Gasteiger partial charge in [-0.1, -0.05) is 6.92 Å². The zero-order valence-electron chi connectivity index (χ0n) is 10.6. The van der Waals surface area contributed by atoms with E-state index in [2.05, 4.69) is 28.2 Å². The van der Waals surface area contributed by atoms with Gasteiger partial charge < -0.3 is 10.1 Å². The van der Waals surface area contributed by atoms with Crippen LogP contribution in [0.15, 0.2) is 18.3 Å².